The molecular weight excluding hydrogens is 318 g/mol. The highest BCUT2D eigenvalue weighted by molar-refractivity contribution is 7.90. The standard InChI is InChI=1S/C16H19NO3S2/c1-11-7-8-21-15(11)10-17(3)14-9-13(12(2)18)5-6-16(14)22(4,19)20/h5-9H,10H2,1-4H3. The van der Waals surface area contributed by atoms with Gasteiger partial charge in [0.25, 0.3) is 0 Å². The van der Waals surface area contributed by atoms with E-state index in [1.54, 1.807) is 23.5 Å². The van der Waals surface area contributed by atoms with Crippen LogP contribution in [0.25, 0.3) is 0 Å². The van der Waals surface area contributed by atoms with Crippen LogP contribution in [-0.4, -0.2) is 27.5 Å². The highest BCUT2D eigenvalue weighted by Crippen LogP contribution is 2.28. The Bertz CT molecular complexity index is 807. The lowest BCUT2D eigenvalue weighted by Crippen LogP contribution is -2.19. The zero-order valence-electron chi connectivity index (χ0n) is 13.1. The normalized spacial score (nSPS) is 11.5. The summed E-state index contributed by atoms with van der Waals surface area (Å²) in [6, 6.07) is 6.77. The van der Waals surface area contributed by atoms with Crippen molar-refractivity contribution in [1.29, 1.82) is 0 Å². The Hall–Kier alpha value is -1.66. The molecule has 6 heteroatoms. The van der Waals surface area contributed by atoms with Crippen molar-refractivity contribution in [1.82, 2.24) is 0 Å². The molecule has 0 aliphatic heterocycles. The van der Waals surface area contributed by atoms with Crippen molar-refractivity contribution in [3.8, 4) is 0 Å². The smallest absolute Gasteiger partial charge is 0.177 e. The predicted octanol–water partition coefficient (Wildman–Crippen LogP) is 3.30. The maximum absolute atomic E-state index is 12.0. The molecule has 0 saturated carbocycles. The van der Waals surface area contributed by atoms with Crippen molar-refractivity contribution in [3.63, 3.8) is 0 Å². The molecule has 1 heterocycles. The van der Waals surface area contributed by atoms with Crippen LogP contribution >= 0.6 is 11.3 Å². The number of sulfone groups is 1. The van der Waals surface area contributed by atoms with E-state index in [0.29, 0.717) is 17.8 Å². The van der Waals surface area contributed by atoms with Crippen molar-refractivity contribution >= 4 is 32.6 Å². The van der Waals surface area contributed by atoms with Gasteiger partial charge in [0.1, 0.15) is 0 Å². The van der Waals surface area contributed by atoms with E-state index < -0.39 is 9.84 Å². The van der Waals surface area contributed by atoms with Crippen molar-refractivity contribution in [2.45, 2.75) is 25.3 Å². The number of ketones is 1. The van der Waals surface area contributed by atoms with Crippen LogP contribution in [0.5, 0.6) is 0 Å². The highest BCUT2D eigenvalue weighted by Gasteiger charge is 2.18. The Morgan fingerprint density at radius 3 is 2.45 bits per heavy atom. The van der Waals surface area contributed by atoms with Gasteiger partial charge < -0.3 is 4.90 Å². The lowest BCUT2D eigenvalue weighted by Gasteiger charge is -2.22. The molecule has 22 heavy (non-hydrogen) atoms. The molecule has 2 rings (SSSR count). The van der Waals surface area contributed by atoms with E-state index in [1.807, 2.05) is 30.3 Å². The van der Waals surface area contributed by atoms with Gasteiger partial charge in [0.05, 0.1) is 17.1 Å². The zero-order chi connectivity index (χ0) is 16.5. The molecule has 0 aliphatic rings. The molecule has 0 amide bonds. The minimum absolute atomic E-state index is 0.0815. The van der Waals surface area contributed by atoms with E-state index in [9.17, 15) is 13.2 Å². The Balaban J connectivity index is 2.48. The number of carbonyl (C=O) groups is 1. The fourth-order valence-corrected chi connectivity index (χ4v) is 4.08. The van der Waals surface area contributed by atoms with Gasteiger partial charge >= 0.3 is 0 Å². The SMILES string of the molecule is CC(=O)c1ccc(S(C)(=O)=O)c(N(C)Cc2sccc2C)c1. The third-order valence-corrected chi connectivity index (χ3v) is 5.68. The Labute approximate surface area is 135 Å². The quantitative estimate of drug-likeness (QED) is 0.786. The summed E-state index contributed by atoms with van der Waals surface area (Å²) < 4.78 is 24.0. The molecule has 1 aromatic heterocycles. The summed E-state index contributed by atoms with van der Waals surface area (Å²) in [6.07, 6.45) is 1.18. The second kappa shape index (κ2) is 6.22. The van der Waals surface area contributed by atoms with Crippen LogP contribution < -0.4 is 4.90 Å². The number of hydrogen-bond donors (Lipinski definition) is 0. The van der Waals surface area contributed by atoms with E-state index in [0.717, 1.165) is 0 Å². The Morgan fingerprint density at radius 1 is 1.27 bits per heavy atom. The van der Waals surface area contributed by atoms with Crippen LogP contribution in [0, 0.1) is 6.92 Å². The van der Waals surface area contributed by atoms with Gasteiger partial charge in [-0.05, 0) is 49.1 Å². The van der Waals surface area contributed by atoms with Gasteiger partial charge in [-0.2, -0.15) is 0 Å². The molecule has 1 aromatic carbocycles. The zero-order valence-corrected chi connectivity index (χ0v) is 14.7. The molecule has 0 bridgehead atoms. The van der Waals surface area contributed by atoms with Gasteiger partial charge in [0.2, 0.25) is 0 Å². The molecule has 0 aliphatic carbocycles. The Kier molecular flexibility index (Phi) is 4.72. The first-order chi connectivity index (χ1) is 10.2. The monoisotopic (exact) mass is 337 g/mol. The van der Waals surface area contributed by atoms with Gasteiger partial charge in [-0.3, -0.25) is 4.79 Å². The average Bonchev–Trinajstić information content (AvgIpc) is 2.82. The first-order valence-electron chi connectivity index (χ1n) is 6.79. The summed E-state index contributed by atoms with van der Waals surface area (Å²) in [5, 5.41) is 2.02. The van der Waals surface area contributed by atoms with Crippen molar-refractivity contribution in [2.24, 2.45) is 0 Å². The second-order valence-electron chi connectivity index (χ2n) is 5.39. The number of Topliss-reactive ketones (excluding diaryl/α,β-unsaturated/α-hetero) is 1. The maximum atomic E-state index is 12.0. The predicted molar refractivity (Wildman–Crippen MR) is 90.7 cm³/mol. The van der Waals surface area contributed by atoms with Crippen molar-refractivity contribution < 1.29 is 13.2 Å². The molecule has 0 fully saturated rings. The molecule has 0 saturated heterocycles. The van der Waals surface area contributed by atoms with Crippen molar-refractivity contribution in [3.05, 3.63) is 45.6 Å². The fraction of sp³-hybridized carbons (Fsp3) is 0.312. The van der Waals surface area contributed by atoms with Crippen LogP contribution in [0.2, 0.25) is 0 Å². The summed E-state index contributed by atoms with van der Waals surface area (Å²) in [4.78, 5) is 14.9. The molecule has 4 nitrogen and oxygen atoms in total. The van der Waals surface area contributed by atoms with E-state index in [2.05, 4.69) is 0 Å². The summed E-state index contributed by atoms with van der Waals surface area (Å²) >= 11 is 1.64. The number of benzene rings is 1. The first-order valence-corrected chi connectivity index (χ1v) is 9.56. The van der Waals surface area contributed by atoms with Crippen LogP contribution in [-0.2, 0) is 16.4 Å². The van der Waals surface area contributed by atoms with E-state index in [4.69, 9.17) is 0 Å². The summed E-state index contributed by atoms with van der Waals surface area (Å²) in [5.41, 5.74) is 2.25. The average molecular weight is 337 g/mol. The van der Waals surface area contributed by atoms with Gasteiger partial charge in [-0.15, -0.1) is 11.3 Å². The summed E-state index contributed by atoms with van der Waals surface area (Å²) in [6.45, 7) is 4.11. The number of nitrogens with zero attached hydrogens (tertiary/aromatic N) is 1. The molecule has 0 spiro atoms. The molecule has 0 N–H and O–H groups in total. The van der Waals surface area contributed by atoms with E-state index in [-0.39, 0.29) is 10.7 Å². The minimum Gasteiger partial charge on any atom is -0.368 e. The van der Waals surface area contributed by atoms with Crippen LogP contribution in [0.1, 0.15) is 27.7 Å². The molecule has 2 aromatic rings. The number of carbonyl (C=O) groups excluding carboxylic acids is 1. The summed E-state index contributed by atoms with van der Waals surface area (Å²) in [7, 11) is -1.52. The van der Waals surface area contributed by atoms with Gasteiger partial charge in [0, 0.05) is 23.7 Å². The van der Waals surface area contributed by atoms with Gasteiger partial charge in [-0.25, -0.2) is 8.42 Å². The number of rotatable bonds is 5. The third-order valence-electron chi connectivity index (χ3n) is 3.53. The number of aryl methyl sites for hydroxylation is 1. The second-order valence-corrected chi connectivity index (χ2v) is 8.38. The lowest BCUT2D eigenvalue weighted by molar-refractivity contribution is 0.101. The number of anilines is 1. The minimum atomic E-state index is -3.36. The van der Waals surface area contributed by atoms with Crippen LogP contribution in [0.15, 0.2) is 34.5 Å². The molecule has 0 radical (unpaired) electrons. The summed E-state index contributed by atoms with van der Waals surface area (Å²) in [5.74, 6) is -0.0815. The van der Waals surface area contributed by atoms with Crippen molar-refractivity contribution in [2.75, 3.05) is 18.2 Å². The fourth-order valence-electron chi connectivity index (χ4n) is 2.21. The molecule has 0 atom stereocenters. The first kappa shape index (κ1) is 16.7. The maximum Gasteiger partial charge on any atom is 0.177 e. The Morgan fingerprint density at radius 2 is 1.95 bits per heavy atom. The largest absolute Gasteiger partial charge is 0.368 e. The van der Waals surface area contributed by atoms with Gasteiger partial charge in [0.15, 0.2) is 15.6 Å². The van der Waals surface area contributed by atoms with Crippen LogP contribution in [0.3, 0.4) is 0 Å². The lowest BCUT2D eigenvalue weighted by atomic mass is 10.1. The highest BCUT2D eigenvalue weighted by atomic mass is 32.2. The third kappa shape index (κ3) is 3.56. The molecule has 118 valence electrons. The molecule has 0 unspecified atom stereocenters. The molecular formula is C16H19NO3S2. The number of hydrogen-bond acceptors (Lipinski definition) is 5. The number of thiophene rings is 1. The van der Waals surface area contributed by atoms with E-state index in [1.165, 1.54) is 29.7 Å². The topological polar surface area (TPSA) is 54.5 Å². The van der Waals surface area contributed by atoms with Crippen LogP contribution in [0.4, 0.5) is 5.69 Å². The van der Waals surface area contributed by atoms with Gasteiger partial charge in [-0.1, -0.05) is 0 Å². The van der Waals surface area contributed by atoms with E-state index >= 15 is 0 Å².